The second-order valence-corrected chi connectivity index (χ2v) is 8.26. The molecule has 0 saturated carbocycles. The van der Waals surface area contributed by atoms with E-state index in [2.05, 4.69) is 6.92 Å². The van der Waals surface area contributed by atoms with Gasteiger partial charge in [-0.05, 0) is 42.3 Å². The Hall–Kier alpha value is -2.95. The van der Waals surface area contributed by atoms with Crippen molar-refractivity contribution in [2.75, 3.05) is 18.6 Å². The number of hydrogen-bond donors (Lipinski definition) is 0. The molecule has 0 bridgehead atoms. The third kappa shape index (κ3) is 4.34. The van der Waals surface area contributed by atoms with Crippen molar-refractivity contribution in [2.24, 2.45) is 0 Å². The van der Waals surface area contributed by atoms with Gasteiger partial charge in [-0.2, -0.15) is 0 Å². The summed E-state index contributed by atoms with van der Waals surface area (Å²) in [6, 6.07) is 18.9. The normalized spacial score (nSPS) is 14.1. The van der Waals surface area contributed by atoms with E-state index in [0.29, 0.717) is 33.7 Å². The first-order valence-corrected chi connectivity index (χ1v) is 11.2. The molecule has 3 aromatic carbocycles. The maximum Gasteiger partial charge on any atom is 0.258 e. The zero-order valence-electron chi connectivity index (χ0n) is 17.9. The van der Waals surface area contributed by atoms with Crippen LogP contribution < -0.4 is 14.4 Å². The van der Waals surface area contributed by atoms with E-state index in [4.69, 9.17) is 32.7 Å². The molecule has 164 valence electrons. The molecule has 1 amide bonds. The number of amides is 1. The maximum absolute atomic E-state index is 13.1. The second kappa shape index (κ2) is 9.68. The number of rotatable bonds is 7. The number of hydrogen-bond acceptors (Lipinski definition) is 3. The lowest BCUT2D eigenvalue weighted by atomic mass is 10.0. The zero-order valence-corrected chi connectivity index (χ0v) is 19.4. The Morgan fingerprint density at radius 2 is 1.75 bits per heavy atom. The minimum atomic E-state index is -0.0119. The summed E-state index contributed by atoms with van der Waals surface area (Å²) in [6.07, 6.45) is 2.73. The number of halogens is 2. The fourth-order valence-corrected chi connectivity index (χ4v) is 4.25. The van der Waals surface area contributed by atoms with Crippen LogP contribution in [0.2, 0.25) is 10.0 Å². The molecule has 4 rings (SSSR count). The Bertz CT molecular complexity index is 1190. The summed E-state index contributed by atoms with van der Waals surface area (Å²) in [5.41, 5.74) is 4.09. The average molecular weight is 468 g/mol. The van der Waals surface area contributed by atoms with E-state index in [-0.39, 0.29) is 12.5 Å². The van der Waals surface area contributed by atoms with Crippen LogP contribution in [0, 0.1) is 0 Å². The summed E-state index contributed by atoms with van der Waals surface area (Å²) in [5.74, 6) is 0.907. The molecular weight excluding hydrogens is 445 g/mol. The summed E-state index contributed by atoms with van der Waals surface area (Å²) in [5, 5.41) is 1.02. The highest BCUT2D eigenvalue weighted by Crippen LogP contribution is 2.41. The summed E-state index contributed by atoms with van der Waals surface area (Å²) < 4.78 is 11.5. The number of benzene rings is 3. The summed E-state index contributed by atoms with van der Waals surface area (Å²) in [7, 11) is 1.56. The molecule has 4 nitrogen and oxygen atoms in total. The summed E-state index contributed by atoms with van der Waals surface area (Å²) in [4.78, 5) is 14.9. The van der Waals surface area contributed by atoms with E-state index in [0.717, 1.165) is 28.8 Å². The lowest BCUT2D eigenvalue weighted by Crippen LogP contribution is -2.26. The van der Waals surface area contributed by atoms with E-state index in [9.17, 15) is 4.79 Å². The largest absolute Gasteiger partial charge is 0.493 e. The van der Waals surface area contributed by atoms with E-state index in [1.54, 1.807) is 13.2 Å². The molecular formula is C26H23Cl2NO3. The van der Waals surface area contributed by atoms with Crippen molar-refractivity contribution in [2.45, 2.75) is 20.0 Å². The Balaban J connectivity index is 1.67. The number of anilines is 1. The van der Waals surface area contributed by atoms with Crippen molar-refractivity contribution in [1.29, 1.82) is 0 Å². The second-order valence-electron chi connectivity index (χ2n) is 7.45. The van der Waals surface area contributed by atoms with Crippen LogP contribution in [0.15, 0.2) is 60.7 Å². The summed E-state index contributed by atoms with van der Waals surface area (Å²) >= 11 is 12.8. The minimum absolute atomic E-state index is 0.0119. The van der Waals surface area contributed by atoms with Gasteiger partial charge >= 0.3 is 0 Å². The minimum Gasteiger partial charge on any atom is -0.493 e. The Labute approximate surface area is 198 Å². The van der Waals surface area contributed by atoms with Gasteiger partial charge in [0.2, 0.25) is 0 Å². The fourth-order valence-electron chi connectivity index (χ4n) is 3.79. The lowest BCUT2D eigenvalue weighted by Gasteiger charge is -2.15. The Morgan fingerprint density at radius 3 is 2.50 bits per heavy atom. The maximum atomic E-state index is 13.1. The van der Waals surface area contributed by atoms with Crippen molar-refractivity contribution in [1.82, 2.24) is 0 Å². The first kappa shape index (κ1) is 22.3. The van der Waals surface area contributed by atoms with Crippen molar-refractivity contribution < 1.29 is 14.3 Å². The predicted octanol–water partition coefficient (Wildman–Crippen LogP) is 6.88. The molecule has 6 heteroatoms. The van der Waals surface area contributed by atoms with Gasteiger partial charge in [0.15, 0.2) is 11.5 Å². The van der Waals surface area contributed by atoms with Crippen molar-refractivity contribution in [3.63, 3.8) is 0 Å². The molecule has 0 fully saturated rings. The third-order valence-electron chi connectivity index (χ3n) is 5.30. The van der Waals surface area contributed by atoms with Crippen LogP contribution >= 0.6 is 23.2 Å². The molecule has 3 aromatic rings. The standard InChI is InChI=1S/C26H23Cl2NO3/c1-3-12-29-23-11-7-5-9-19(23)20(26(29)30)13-17-14-22(28)25(24(15-17)31-2)32-16-18-8-4-6-10-21(18)27/h4-11,13-15H,3,12,16H2,1-2H3/b20-13-. The number of carbonyl (C=O) groups excluding carboxylic acids is 1. The van der Waals surface area contributed by atoms with Gasteiger partial charge in [-0.1, -0.05) is 66.5 Å². The molecule has 0 unspecified atom stereocenters. The first-order valence-electron chi connectivity index (χ1n) is 10.4. The number of methoxy groups -OCH3 is 1. The van der Waals surface area contributed by atoms with Crippen LogP contribution in [0.1, 0.15) is 30.0 Å². The van der Waals surface area contributed by atoms with Crippen LogP contribution in [0.25, 0.3) is 11.6 Å². The summed E-state index contributed by atoms with van der Waals surface area (Å²) in [6.45, 7) is 2.99. The predicted molar refractivity (Wildman–Crippen MR) is 131 cm³/mol. The SMILES string of the molecule is CCCN1C(=O)/C(=C\c2cc(Cl)c(OCc3ccccc3Cl)c(OC)c2)c2ccccc21. The molecule has 0 radical (unpaired) electrons. The van der Waals surface area contributed by atoms with Gasteiger partial charge in [0.1, 0.15) is 6.61 Å². The molecule has 0 N–H and O–H groups in total. The molecule has 0 atom stereocenters. The highest BCUT2D eigenvalue weighted by atomic mass is 35.5. The van der Waals surface area contributed by atoms with Gasteiger partial charge in [-0.25, -0.2) is 0 Å². The molecule has 1 aliphatic rings. The highest BCUT2D eigenvalue weighted by molar-refractivity contribution is 6.36. The highest BCUT2D eigenvalue weighted by Gasteiger charge is 2.31. The number of ether oxygens (including phenoxy) is 2. The van der Waals surface area contributed by atoms with Crippen LogP contribution in [0.5, 0.6) is 11.5 Å². The van der Waals surface area contributed by atoms with Gasteiger partial charge in [0, 0.05) is 28.3 Å². The molecule has 0 saturated heterocycles. The van der Waals surface area contributed by atoms with Gasteiger partial charge in [0.25, 0.3) is 5.91 Å². The van der Waals surface area contributed by atoms with Gasteiger partial charge < -0.3 is 14.4 Å². The van der Waals surface area contributed by atoms with Gasteiger partial charge in [-0.3, -0.25) is 4.79 Å². The lowest BCUT2D eigenvalue weighted by molar-refractivity contribution is -0.113. The molecule has 0 aromatic heterocycles. The monoisotopic (exact) mass is 467 g/mol. The van der Waals surface area contributed by atoms with Crippen LogP contribution in [0.4, 0.5) is 5.69 Å². The number of nitrogens with zero attached hydrogens (tertiary/aromatic N) is 1. The fraction of sp³-hybridized carbons (Fsp3) is 0.192. The smallest absolute Gasteiger partial charge is 0.258 e. The average Bonchev–Trinajstić information content (AvgIpc) is 3.05. The quantitative estimate of drug-likeness (QED) is 0.355. The van der Waals surface area contributed by atoms with Crippen molar-refractivity contribution >= 4 is 46.4 Å². The van der Waals surface area contributed by atoms with Crippen LogP contribution in [-0.4, -0.2) is 19.6 Å². The van der Waals surface area contributed by atoms with Gasteiger partial charge in [-0.15, -0.1) is 0 Å². The molecule has 1 heterocycles. The number of fused-ring (bicyclic) bond motifs is 1. The zero-order chi connectivity index (χ0) is 22.7. The topological polar surface area (TPSA) is 38.8 Å². The van der Waals surface area contributed by atoms with Gasteiger partial charge in [0.05, 0.1) is 17.8 Å². The molecule has 0 aliphatic carbocycles. The Morgan fingerprint density at radius 1 is 1.00 bits per heavy atom. The van der Waals surface area contributed by atoms with Crippen LogP contribution in [-0.2, 0) is 11.4 Å². The van der Waals surface area contributed by atoms with E-state index in [1.165, 1.54) is 0 Å². The first-order chi connectivity index (χ1) is 15.5. The number of para-hydroxylation sites is 1. The van der Waals surface area contributed by atoms with E-state index >= 15 is 0 Å². The third-order valence-corrected chi connectivity index (χ3v) is 5.95. The molecule has 1 aliphatic heterocycles. The van der Waals surface area contributed by atoms with Crippen molar-refractivity contribution in [3.8, 4) is 11.5 Å². The molecule has 32 heavy (non-hydrogen) atoms. The molecule has 0 spiro atoms. The van der Waals surface area contributed by atoms with Crippen molar-refractivity contribution in [3.05, 3.63) is 87.4 Å². The number of carbonyl (C=O) groups is 1. The Kier molecular flexibility index (Phi) is 6.73. The van der Waals surface area contributed by atoms with E-state index < -0.39 is 0 Å². The van der Waals surface area contributed by atoms with E-state index in [1.807, 2.05) is 65.6 Å². The van der Waals surface area contributed by atoms with Crippen LogP contribution in [0.3, 0.4) is 0 Å².